The van der Waals surface area contributed by atoms with Gasteiger partial charge in [0.15, 0.2) is 0 Å². The van der Waals surface area contributed by atoms with Crippen molar-refractivity contribution in [3.8, 4) is 50.2 Å². The molecule has 0 bridgehead atoms. The fourth-order valence-corrected chi connectivity index (χ4v) is 10.8. The van der Waals surface area contributed by atoms with E-state index in [0.29, 0.717) is 5.92 Å². The molecule has 0 spiro atoms. The van der Waals surface area contributed by atoms with Gasteiger partial charge in [-0.15, -0.1) is 0 Å². The van der Waals surface area contributed by atoms with E-state index in [-0.39, 0.29) is 5.41 Å². The third-order valence-electron chi connectivity index (χ3n) is 14.1. The van der Waals surface area contributed by atoms with Crippen LogP contribution in [0.1, 0.15) is 29.0 Å². The van der Waals surface area contributed by atoms with Crippen molar-refractivity contribution in [2.45, 2.75) is 17.8 Å². The van der Waals surface area contributed by atoms with E-state index >= 15 is 0 Å². The molecule has 65 heavy (non-hydrogen) atoms. The van der Waals surface area contributed by atoms with Crippen LogP contribution >= 0.6 is 0 Å². The zero-order valence-corrected chi connectivity index (χ0v) is 35.7. The molecule has 2 heterocycles. The molecule has 0 radical (unpaired) electrons. The minimum atomic E-state index is -0.125. The van der Waals surface area contributed by atoms with Gasteiger partial charge in [0.25, 0.3) is 0 Å². The van der Waals surface area contributed by atoms with Crippen LogP contribution in [0.3, 0.4) is 0 Å². The van der Waals surface area contributed by atoms with Gasteiger partial charge in [-0.2, -0.15) is 0 Å². The first kappa shape index (κ1) is 37.4. The number of rotatable bonds is 8. The molecule has 0 amide bonds. The van der Waals surface area contributed by atoms with Crippen molar-refractivity contribution in [2.24, 2.45) is 0 Å². The highest BCUT2D eigenvalue weighted by Gasteiger charge is 2.57. The summed E-state index contributed by atoms with van der Waals surface area (Å²) in [5.74, 6) is 0.370. The predicted molar refractivity (Wildman–Crippen MR) is 271 cm³/mol. The normalized spacial score (nSPS) is 15.8. The number of nitrogens with zero attached hydrogens (tertiary/aromatic N) is 1. The van der Waals surface area contributed by atoms with Crippen LogP contribution in [0, 0.1) is 0 Å². The van der Waals surface area contributed by atoms with Gasteiger partial charge >= 0.3 is 0 Å². The van der Waals surface area contributed by atoms with Gasteiger partial charge in [0.1, 0.15) is 11.2 Å². The molecule has 306 valence electrons. The van der Waals surface area contributed by atoms with Crippen molar-refractivity contribution in [1.82, 2.24) is 4.57 Å². The third kappa shape index (κ3) is 6.17. The highest BCUT2D eigenvalue weighted by Crippen LogP contribution is 2.64. The fraction of sp³-hybridized carbons (Fsp3) is 0.0476. The zero-order chi connectivity index (χ0) is 42.9. The van der Waals surface area contributed by atoms with Crippen molar-refractivity contribution in [2.75, 3.05) is 0 Å². The second-order valence-corrected chi connectivity index (χ2v) is 17.6. The number of benzene rings is 10. The average Bonchev–Trinajstić information content (AvgIpc) is 3.91. The summed E-state index contributed by atoms with van der Waals surface area (Å²) in [6.07, 6.45) is 1.06. The molecule has 1 fully saturated rings. The molecule has 10 aromatic carbocycles. The zero-order valence-electron chi connectivity index (χ0n) is 35.7. The van der Waals surface area contributed by atoms with Crippen LogP contribution < -0.4 is 0 Å². The lowest BCUT2D eigenvalue weighted by atomic mass is 9.82. The van der Waals surface area contributed by atoms with Gasteiger partial charge in [-0.3, -0.25) is 0 Å². The SMILES string of the molecule is c1ccc(-c2ccc(C3CC3(c3ccc(-c4ccccc4)cc3)c3ccc(-c4cccc5oc6ccc(-c7ccc8c(c7)c7ccccc7n8-c7ccccc7)cc6c45)cc3)cc2)cc1. The quantitative estimate of drug-likeness (QED) is 0.149. The summed E-state index contributed by atoms with van der Waals surface area (Å²) >= 11 is 0. The van der Waals surface area contributed by atoms with Crippen molar-refractivity contribution in [3.63, 3.8) is 0 Å². The predicted octanol–water partition coefficient (Wildman–Crippen LogP) is 16.8. The molecular weight excluding hydrogens is 787 g/mol. The molecule has 0 N–H and O–H groups in total. The Morgan fingerprint density at radius 2 is 0.892 bits per heavy atom. The Kier molecular flexibility index (Phi) is 8.60. The summed E-state index contributed by atoms with van der Waals surface area (Å²) in [6, 6.07) is 88.8. The summed E-state index contributed by atoms with van der Waals surface area (Å²) in [5.41, 5.74) is 19.0. The highest BCUT2D eigenvalue weighted by molar-refractivity contribution is 6.14. The Hall–Kier alpha value is -8.20. The van der Waals surface area contributed by atoms with Gasteiger partial charge in [-0.1, -0.05) is 194 Å². The molecule has 2 atom stereocenters. The molecular formula is C63H43NO. The van der Waals surface area contributed by atoms with E-state index in [2.05, 4.69) is 247 Å². The number of fused-ring (bicyclic) bond motifs is 6. The van der Waals surface area contributed by atoms with E-state index in [9.17, 15) is 0 Å². The van der Waals surface area contributed by atoms with Crippen LogP contribution in [0.2, 0.25) is 0 Å². The van der Waals surface area contributed by atoms with Gasteiger partial charge in [0, 0.05) is 32.6 Å². The lowest BCUT2D eigenvalue weighted by molar-refractivity contribution is 0.669. The molecule has 0 aliphatic heterocycles. The lowest BCUT2D eigenvalue weighted by Gasteiger charge is -2.21. The van der Waals surface area contributed by atoms with Crippen molar-refractivity contribution in [3.05, 3.63) is 259 Å². The maximum Gasteiger partial charge on any atom is 0.136 e. The molecule has 1 saturated carbocycles. The van der Waals surface area contributed by atoms with E-state index in [1.165, 1.54) is 83.0 Å². The van der Waals surface area contributed by atoms with Crippen molar-refractivity contribution in [1.29, 1.82) is 0 Å². The highest BCUT2D eigenvalue weighted by atomic mass is 16.3. The standard InChI is InChI=1S/C63H43NO/c1-4-13-42(14-5-1)44-23-25-47(26-24-44)57-41-63(57,50-33-27-45(28-34-50)43-15-6-2-7-16-43)51-35-29-46(30-36-51)53-20-12-22-61-62(53)56-40-49(32-38-60(56)65-61)48-31-37-59-55(39-48)54-19-10-11-21-58(54)64(59)52-17-8-3-9-18-52/h1-40,57H,41H2. The first-order chi connectivity index (χ1) is 32.2. The Morgan fingerprint density at radius 1 is 0.369 bits per heavy atom. The summed E-state index contributed by atoms with van der Waals surface area (Å²) in [5, 5.41) is 4.76. The molecule has 2 aromatic heterocycles. The molecule has 0 saturated heterocycles. The summed E-state index contributed by atoms with van der Waals surface area (Å²) in [4.78, 5) is 0. The molecule has 2 heteroatoms. The number of hydrogen-bond acceptors (Lipinski definition) is 1. The summed E-state index contributed by atoms with van der Waals surface area (Å²) < 4.78 is 8.94. The molecule has 2 unspecified atom stereocenters. The second kappa shape index (κ2) is 15.0. The van der Waals surface area contributed by atoms with E-state index < -0.39 is 0 Å². The second-order valence-electron chi connectivity index (χ2n) is 17.6. The molecule has 12 aromatic rings. The molecule has 1 aliphatic carbocycles. The van der Waals surface area contributed by atoms with E-state index in [1.54, 1.807) is 0 Å². The molecule has 1 aliphatic rings. The van der Waals surface area contributed by atoms with Gasteiger partial charge in [-0.25, -0.2) is 0 Å². The summed E-state index contributed by atoms with van der Waals surface area (Å²) in [6.45, 7) is 0. The smallest absolute Gasteiger partial charge is 0.136 e. The van der Waals surface area contributed by atoms with Crippen LogP contribution in [-0.2, 0) is 5.41 Å². The minimum absolute atomic E-state index is 0.125. The fourth-order valence-electron chi connectivity index (χ4n) is 10.8. The van der Waals surface area contributed by atoms with Crippen LogP contribution in [0.5, 0.6) is 0 Å². The molecule has 13 rings (SSSR count). The minimum Gasteiger partial charge on any atom is -0.456 e. The number of para-hydroxylation sites is 2. The maximum absolute atomic E-state index is 6.57. The Balaban J connectivity index is 0.881. The van der Waals surface area contributed by atoms with Gasteiger partial charge in [0.05, 0.1) is 11.0 Å². The van der Waals surface area contributed by atoms with Crippen molar-refractivity contribution >= 4 is 43.7 Å². The first-order valence-electron chi connectivity index (χ1n) is 22.7. The monoisotopic (exact) mass is 829 g/mol. The first-order valence-corrected chi connectivity index (χ1v) is 22.7. The number of furan rings is 1. The van der Waals surface area contributed by atoms with E-state index in [1.807, 2.05) is 0 Å². The molecule has 2 nitrogen and oxygen atoms in total. The van der Waals surface area contributed by atoms with E-state index in [0.717, 1.165) is 34.0 Å². The Labute approximate surface area is 378 Å². The summed E-state index contributed by atoms with van der Waals surface area (Å²) in [7, 11) is 0. The Bertz CT molecular complexity index is 3700. The van der Waals surface area contributed by atoms with Gasteiger partial charge < -0.3 is 8.98 Å². The third-order valence-corrected chi connectivity index (χ3v) is 14.1. The van der Waals surface area contributed by atoms with Crippen LogP contribution in [0.4, 0.5) is 0 Å². The van der Waals surface area contributed by atoms with Gasteiger partial charge in [-0.05, 0) is 122 Å². The van der Waals surface area contributed by atoms with Gasteiger partial charge in [0.2, 0.25) is 0 Å². The van der Waals surface area contributed by atoms with Crippen LogP contribution in [0.25, 0.3) is 93.9 Å². The lowest BCUT2D eigenvalue weighted by Crippen LogP contribution is -2.12. The average molecular weight is 830 g/mol. The van der Waals surface area contributed by atoms with Crippen LogP contribution in [-0.4, -0.2) is 4.57 Å². The largest absolute Gasteiger partial charge is 0.456 e. The number of aromatic nitrogens is 1. The van der Waals surface area contributed by atoms with E-state index in [4.69, 9.17) is 4.42 Å². The van der Waals surface area contributed by atoms with Crippen LogP contribution in [0.15, 0.2) is 247 Å². The number of hydrogen-bond donors (Lipinski definition) is 0. The maximum atomic E-state index is 6.57. The van der Waals surface area contributed by atoms with Crippen molar-refractivity contribution < 1.29 is 4.42 Å². The topological polar surface area (TPSA) is 18.1 Å². The Morgan fingerprint density at radius 3 is 1.57 bits per heavy atom.